The molecule has 1 saturated heterocycles. The third-order valence-corrected chi connectivity index (χ3v) is 3.91. The van der Waals surface area contributed by atoms with E-state index in [1.165, 1.54) is 32.1 Å². The monoisotopic (exact) mass is 215 g/mol. The van der Waals surface area contributed by atoms with E-state index in [1.807, 2.05) is 0 Å². The van der Waals surface area contributed by atoms with Gasteiger partial charge in [-0.15, -0.1) is 11.6 Å². The maximum Gasteiger partial charge on any atom is 0.223 e. The zero-order valence-electron chi connectivity index (χ0n) is 8.54. The van der Waals surface area contributed by atoms with Gasteiger partial charge < -0.3 is 4.90 Å². The molecule has 0 aromatic rings. The van der Waals surface area contributed by atoms with Crippen molar-refractivity contribution in [3.05, 3.63) is 0 Å². The van der Waals surface area contributed by atoms with Crippen molar-refractivity contribution >= 4 is 17.5 Å². The lowest BCUT2D eigenvalue weighted by molar-refractivity contribution is -0.130. The van der Waals surface area contributed by atoms with Gasteiger partial charge in [0.2, 0.25) is 5.91 Å². The van der Waals surface area contributed by atoms with Gasteiger partial charge in [0, 0.05) is 24.9 Å². The van der Waals surface area contributed by atoms with Crippen molar-refractivity contribution in [3.63, 3.8) is 0 Å². The van der Waals surface area contributed by atoms with Crippen LogP contribution in [0.2, 0.25) is 0 Å². The Morgan fingerprint density at radius 3 is 2.57 bits per heavy atom. The highest BCUT2D eigenvalue weighted by molar-refractivity contribution is 6.18. The molecule has 80 valence electrons. The van der Waals surface area contributed by atoms with Crippen molar-refractivity contribution in [1.82, 2.24) is 4.90 Å². The summed E-state index contributed by atoms with van der Waals surface area (Å²) in [6.07, 6.45) is 7.03. The molecule has 1 amide bonds. The molecule has 0 N–H and O–H groups in total. The van der Waals surface area contributed by atoms with Crippen LogP contribution in [0.3, 0.4) is 0 Å². The van der Waals surface area contributed by atoms with Crippen molar-refractivity contribution in [2.45, 2.75) is 44.6 Å². The minimum absolute atomic E-state index is 0.336. The van der Waals surface area contributed by atoms with Crippen molar-refractivity contribution in [2.24, 2.45) is 5.92 Å². The summed E-state index contributed by atoms with van der Waals surface area (Å²) in [6.45, 7) is 0.910. The first-order valence-electron chi connectivity index (χ1n) is 5.66. The van der Waals surface area contributed by atoms with Crippen LogP contribution in [0.15, 0.2) is 0 Å². The number of likely N-dealkylation sites (tertiary alicyclic amines) is 1. The molecule has 2 aliphatic rings. The lowest BCUT2D eigenvalue weighted by atomic mass is 9.94. The molecular formula is C11H18ClNO. The fourth-order valence-corrected chi connectivity index (χ4v) is 2.86. The molecule has 0 aromatic heterocycles. The molecule has 1 atom stereocenters. The Morgan fingerprint density at radius 2 is 2.00 bits per heavy atom. The lowest BCUT2D eigenvalue weighted by Gasteiger charge is -2.31. The van der Waals surface area contributed by atoms with E-state index in [-0.39, 0.29) is 0 Å². The van der Waals surface area contributed by atoms with E-state index >= 15 is 0 Å². The molecule has 1 heterocycles. The number of carbonyl (C=O) groups is 1. The van der Waals surface area contributed by atoms with Gasteiger partial charge in [-0.2, -0.15) is 0 Å². The third-order valence-electron chi connectivity index (χ3n) is 3.47. The molecule has 0 aromatic carbocycles. The number of hydrogen-bond donors (Lipinski definition) is 0. The second-order valence-corrected chi connectivity index (χ2v) is 4.87. The molecule has 1 unspecified atom stereocenters. The first kappa shape index (κ1) is 10.3. The van der Waals surface area contributed by atoms with Crippen LogP contribution < -0.4 is 0 Å². The predicted octanol–water partition coefficient (Wildman–Crippen LogP) is 2.41. The summed E-state index contributed by atoms with van der Waals surface area (Å²) in [5.74, 6) is 1.38. The molecule has 2 rings (SSSR count). The minimum atomic E-state index is 0.336. The molecule has 2 nitrogen and oxygen atoms in total. The Morgan fingerprint density at radius 1 is 1.29 bits per heavy atom. The van der Waals surface area contributed by atoms with Gasteiger partial charge in [0.15, 0.2) is 0 Å². The maximum absolute atomic E-state index is 11.7. The number of nitrogens with zero attached hydrogens (tertiary/aromatic N) is 1. The van der Waals surface area contributed by atoms with Crippen LogP contribution in [0.4, 0.5) is 0 Å². The van der Waals surface area contributed by atoms with Gasteiger partial charge in [0.25, 0.3) is 0 Å². The van der Waals surface area contributed by atoms with Crippen molar-refractivity contribution in [3.8, 4) is 0 Å². The summed E-state index contributed by atoms with van der Waals surface area (Å²) >= 11 is 5.80. The molecular weight excluding hydrogens is 198 g/mol. The Labute approximate surface area is 90.6 Å². The molecule has 0 radical (unpaired) electrons. The van der Waals surface area contributed by atoms with E-state index in [4.69, 9.17) is 11.6 Å². The quantitative estimate of drug-likeness (QED) is 0.648. The fraction of sp³-hybridized carbons (Fsp3) is 0.909. The third kappa shape index (κ3) is 2.05. The number of hydrogen-bond acceptors (Lipinski definition) is 1. The average Bonchev–Trinajstić information content (AvgIpc) is 2.61. The Bertz CT molecular complexity index is 213. The fourth-order valence-electron chi connectivity index (χ4n) is 2.66. The van der Waals surface area contributed by atoms with Crippen LogP contribution in [0.5, 0.6) is 0 Å². The minimum Gasteiger partial charge on any atom is -0.339 e. The summed E-state index contributed by atoms with van der Waals surface area (Å²) in [5, 5.41) is 0. The van der Waals surface area contributed by atoms with E-state index in [0.717, 1.165) is 6.54 Å². The van der Waals surface area contributed by atoms with Crippen LogP contribution in [-0.4, -0.2) is 29.3 Å². The number of halogens is 1. The Balaban J connectivity index is 1.93. The molecule has 14 heavy (non-hydrogen) atoms. The van der Waals surface area contributed by atoms with Crippen LogP contribution in [-0.2, 0) is 4.79 Å². The summed E-state index contributed by atoms with van der Waals surface area (Å²) in [5.41, 5.74) is 0. The highest BCUT2D eigenvalue weighted by atomic mass is 35.5. The van der Waals surface area contributed by atoms with Gasteiger partial charge in [0.05, 0.1) is 0 Å². The SMILES string of the molecule is O=C1CC(CCl)CN1C1CCCCC1. The summed E-state index contributed by atoms with van der Waals surface area (Å²) < 4.78 is 0. The molecule has 0 bridgehead atoms. The molecule has 0 spiro atoms. The van der Waals surface area contributed by atoms with Crippen molar-refractivity contribution < 1.29 is 4.79 Å². The van der Waals surface area contributed by atoms with Gasteiger partial charge in [0.1, 0.15) is 0 Å². The van der Waals surface area contributed by atoms with Gasteiger partial charge >= 0.3 is 0 Å². The molecule has 1 saturated carbocycles. The van der Waals surface area contributed by atoms with E-state index in [9.17, 15) is 4.79 Å². The van der Waals surface area contributed by atoms with Crippen LogP contribution >= 0.6 is 11.6 Å². The summed E-state index contributed by atoms with van der Waals surface area (Å²) in [7, 11) is 0. The van der Waals surface area contributed by atoms with Crippen LogP contribution in [0.25, 0.3) is 0 Å². The highest BCUT2D eigenvalue weighted by Crippen LogP contribution is 2.28. The molecule has 1 aliphatic heterocycles. The van der Waals surface area contributed by atoms with E-state index in [1.54, 1.807) is 0 Å². The highest BCUT2D eigenvalue weighted by Gasteiger charge is 2.33. The standard InChI is InChI=1S/C11H18ClNO/c12-7-9-6-11(14)13(8-9)10-4-2-1-3-5-10/h9-10H,1-8H2. The molecule has 1 aliphatic carbocycles. The average molecular weight is 216 g/mol. The zero-order chi connectivity index (χ0) is 9.97. The predicted molar refractivity (Wildman–Crippen MR) is 57.4 cm³/mol. The van der Waals surface area contributed by atoms with Gasteiger partial charge in [-0.25, -0.2) is 0 Å². The first-order valence-corrected chi connectivity index (χ1v) is 6.20. The number of amides is 1. The lowest BCUT2D eigenvalue weighted by Crippen LogP contribution is -2.37. The summed E-state index contributed by atoms with van der Waals surface area (Å²) in [4.78, 5) is 13.8. The second kappa shape index (κ2) is 4.52. The Hall–Kier alpha value is -0.240. The molecule has 3 heteroatoms. The molecule has 2 fully saturated rings. The Kier molecular flexibility index (Phi) is 3.32. The maximum atomic E-state index is 11.7. The largest absolute Gasteiger partial charge is 0.339 e. The van der Waals surface area contributed by atoms with Gasteiger partial charge in [-0.1, -0.05) is 19.3 Å². The van der Waals surface area contributed by atoms with Crippen molar-refractivity contribution in [2.75, 3.05) is 12.4 Å². The number of rotatable bonds is 2. The van der Waals surface area contributed by atoms with Crippen LogP contribution in [0, 0.1) is 5.92 Å². The van der Waals surface area contributed by atoms with Crippen molar-refractivity contribution in [1.29, 1.82) is 0 Å². The van der Waals surface area contributed by atoms with Gasteiger partial charge in [-0.05, 0) is 18.8 Å². The number of alkyl halides is 1. The topological polar surface area (TPSA) is 20.3 Å². The number of carbonyl (C=O) groups excluding carboxylic acids is 1. The van der Waals surface area contributed by atoms with Gasteiger partial charge in [-0.3, -0.25) is 4.79 Å². The van der Waals surface area contributed by atoms with E-state index in [2.05, 4.69) is 4.90 Å². The zero-order valence-corrected chi connectivity index (χ0v) is 9.30. The normalized spacial score (nSPS) is 29.9. The van der Waals surface area contributed by atoms with E-state index < -0.39 is 0 Å². The first-order chi connectivity index (χ1) is 6.81. The smallest absolute Gasteiger partial charge is 0.223 e. The summed E-state index contributed by atoms with van der Waals surface area (Å²) in [6, 6.07) is 0.532. The van der Waals surface area contributed by atoms with E-state index in [0.29, 0.717) is 30.2 Å². The second-order valence-electron chi connectivity index (χ2n) is 4.56. The van der Waals surface area contributed by atoms with Crippen LogP contribution in [0.1, 0.15) is 38.5 Å².